The molecule has 0 aliphatic heterocycles. The first-order valence-corrected chi connectivity index (χ1v) is 6.81. The van der Waals surface area contributed by atoms with Gasteiger partial charge in [-0.25, -0.2) is 0 Å². The molecule has 0 aliphatic rings. The van der Waals surface area contributed by atoms with Gasteiger partial charge in [-0.3, -0.25) is 0 Å². The molecule has 3 N–H and O–H groups in total. The predicted octanol–water partition coefficient (Wildman–Crippen LogP) is 2.04. The minimum Gasteiger partial charge on any atom is -0.389 e. The van der Waals surface area contributed by atoms with Crippen LogP contribution in [0.5, 0.6) is 0 Å². The standard InChI is InChI=1S/C11H12N4OS2/c1-18-8-4-2-3-7(10(8)11(12)17)13-5-9-14-6-16-15-9/h2-4,6,13H,5H2,1H3,(H2,12,17). The maximum atomic E-state index is 5.77. The highest BCUT2D eigenvalue weighted by Crippen LogP contribution is 2.27. The zero-order valence-corrected chi connectivity index (χ0v) is 11.3. The Bertz CT molecular complexity index is 542. The van der Waals surface area contributed by atoms with E-state index in [0.29, 0.717) is 17.4 Å². The molecular weight excluding hydrogens is 268 g/mol. The maximum absolute atomic E-state index is 5.77. The van der Waals surface area contributed by atoms with E-state index < -0.39 is 0 Å². The molecular formula is C11H12N4OS2. The highest BCUT2D eigenvalue weighted by Gasteiger charge is 2.10. The molecule has 0 saturated carbocycles. The van der Waals surface area contributed by atoms with Crippen molar-refractivity contribution in [3.8, 4) is 0 Å². The minimum absolute atomic E-state index is 0.371. The van der Waals surface area contributed by atoms with Crippen LogP contribution in [0.1, 0.15) is 11.4 Å². The molecule has 0 bridgehead atoms. The monoisotopic (exact) mass is 280 g/mol. The zero-order valence-electron chi connectivity index (χ0n) is 9.71. The van der Waals surface area contributed by atoms with Crippen LogP contribution in [-0.4, -0.2) is 21.4 Å². The lowest BCUT2D eigenvalue weighted by atomic mass is 10.1. The van der Waals surface area contributed by atoms with E-state index in [1.54, 1.807) is 11.8 Å². The molecule has 5 nitrogen and oxygen atoms in total. The second-order valence-electron chi connectivity index (χ2n) is 3.45. The smallest absolute Gasteiger partial charge is 0.213 e. The number of benzene rings is 1. The van der Waals surface area contributed by atoms with E-state index in [-0.39, 0.29) is 0 Å². The summed E-state index contributed by atoms with van der Waals surface area (Å²) in [5, 5.41) is 6.94. The number of nitrogens with zero attached hydrogens (tertiary/aromatic N) is 2. The first kappa shape index (κ1) is 12.8. The first-order valence-electron chi connectivity index (χ1n) is 5.18. The van der Waals surface area contributed by atoms with Crippen molar-refractivity contribution in [1.29, 1.82) is 0 Å². The van der Waals surface area contributed by atoms with E-state index in [9.17, 15) is 0 Å². The van der Waals surface area contributed by atoms with Crippen LogP contribution in [0.25, 0.3) is 0 Å². The molecule has 0 atom stereocenters. The summed E-state index contributed by atoms with van der Waals surface area (Å²) in [5.41, 5.74) is 7.49. The van der Waals surface area contributed by atoms with Crippen molar-refractivity contribution < 1.29 is 4.52 Å². The third kappa shape index (κ3) is 2.80. The summed E-state index contributed by atoms with van der Waals surface area (Å²) in [6, 6.07) is 5.86. The molecule has 1 aromatic heterocycles. The van der Waals surface area contributed by atoms with Crippen molar-refractivity contribution in [2.75, 3.05) is 11.6 Å². The number of thioether (sulfide) groups is 1. The Morgan fingerprint density at radius 1 is 1.56 bits per heavy atom. The van der Waals surface area contributed by atoms with Gasteiger partial charge < -0.3 is 15.6 Å². The number of nitrogens with two attached hydrogens (primary N) is 1. The second kappa shape index (κ2) is 5.83. The summed E-state index contributed by atoms with van der Waals surface area (Å²) in [6.45, 7) is 0.462. The van der Waals surface area contributed by atoms with Gasteiger partial charge in [0.25, 0.3) is 0 Å². The lowest BCUT2D eigenvalue weighted by molar-refractivity contribution is 0.411. The van der Waals surface area contributed by atoms with E-state index in [2.05, 4.69) is 20.0 Å². The summed E-state index contributed by atoms with van der Waals surface area (Å²) in [5.74, 6) is 0.582. The van der Waals surface area contributed by atoms with Crippen LogP contribution in [0.4, 0.5) is 5.69 Å². The Morgan fingerprint density at radius 2 is 2.39 bits per heavy atom. The molecule has 0 aliphatic carbocycles. The number of hydrogen-bond acceptors (Lipinski definition) is 6. The van der Waals surface area contributed by atoms with Gasteiger partial charge in [-0.15, -0.1) is 11.8 Å². The van der Waals surface area contributed by atoms with Gasteiger partial charge in [0.05, 0.1) is 6.54 Å². The SMILES string of the molecule is CSc1cccc(NCc2ncon2)c1C(N)=S. The Labute approximate surface area is 114 Å². The predicted molar refractivity (Wildman–Crippen MR) is 75.7 cm³/mol. The molecule has 2 aromatic rings. The Hall–Kier alpha value is -1.60. The van der Waals surface area contributed by atoms with Crippen molar-refractivity contribution >= 4 is 34.7 Å². The van der Waals surface area contributed by atoms with Crippen LogP contribution < -0.4 is 11.1 Å². The minimum atomic E-state index is 0.371. The van der Waals surface area contributed by atoms with E-state index in [1.165, 1.54) is 6.39 Å². The van der Waals surface area contributed by atoms with Crippen molar-refractivity contribution in [3.63, 3.8) is 0 Å². The van der Waals surface area contributed by atoms with Crippen molar-refractivity contribution in [2.24, 2.45) is 5.73 Å². The average Bonchev–Trinajstić information content (AvgIpc) is 2.88. The fraction of sp³-hybridized carbons (Fsp3) is 0.182. The molecule has 0 spiro atoms. The van der Waals surface area contributed by atoms with Gasteiger partial charge in [0.1, 0.15) is 4.99 Å². The number of hydrogen-bond donors (Lipinski definition) is 2. The Morgan fingerprint density at radius 3 is 3.00 bits per heavy atom. The molecule has 0 fully saturated rings. The number of rotatable bonds is 5. The molecule has 2 rings (SSSR count). The number of anilines is 1. The largest absolute Gasteiger partial charge is 0.389 e. The summed E-state index contributed by atoms with van der Waals surface area (Å²) < 4.78 is 4.67. The van der Waals surface area contributed by atoms with E-state index in [4.69, 9.17) is 18.0 Å². The molecule has 7 heteroatoms. The van der Waals surface area contributed by atoms with E-state index in [1.807, 2.05) is 24.5 Å². The average molecular weight is 280 g/mol. The lowest BCUT2D eigenvalue weighted by Crippen LogP contribution is -2.14. The van der Waals surface area contributed by atoms with Crippen LogP contribution in [0.2, 0.25) is 0 Å². The second-order valence-corrected chi connectivity index (χ2v) is 4.74. The molecule has 94 valence electrons. The van der Waals surface area contributed by atoms with Gasteiger partial charge in [0, 0.05) is 16.1 Å². The highest BCUT2D eigenvalue weighted by molar-refractivity contribution is 7.98. The molecule has 1 aromatic carbocycles. The Kier molecular flexibility index (Phi) is 4.16. The molecule has 0 saturated heterocycles. The first-order chi connectivity index (χ1) is 8.72. The van der Waals surface area contributed by atoms with Gasteiger partial charge >= 0.3 is 0 Å². The van der Waals surface area contributed by atoms with Crippen LogP contribution in [-0.2, 0) is 6.54 Å². The summed E-state index contributed by atoms with van der Waals surface area (Å²) >= 11 is 6.70. The molecule has 0 amide bonds. The van der Waals surface area contributed by atoms with E-state index >= 15 is 0 Å². The zero-order chi connectivity index (χ0) is 13.0. The van der Waals surface area contributed by atoms with Crippen molar-refractivity contribution in [3.05, 3.63) is 36.0 Å². The number of aromatic nitrogens is 2. The highest BCUT2D eigenvalue weighted by atomic mass is 32.2. The van der Waals surface area contributed by atoms with Crippen molar-refractivity contribution in [2.45, 2.75) is 11.4 Å². The normalized spacial score (nSPS) is 10.3. The van der Waals surface area contributed by atoms with Gasteiger partial charge in [-0.2, -0.15) is 4.98 Å². The van der Waals surface area contributed by atoms with Gasteiger partial charge in [0.15, 0.2) is 5.82 Å². The van der Waals surface area contributed by atoms with E-state index in [0.717, 1.165) is 16.1 Å². The Balaban J connectivity index is 2.24. The molecule has 18 heavy (non-hydrogen) atoms. The van der Waals surface area contributed by atoms with Gasteiger partial charge in [-0.05, 0) is 18.4 Å². The lowest BCUT2D eigenvalue weighted by Gasteiger charge is -2.13. The molecule has 1 heterocycles. The van der Waals surface area contributed by atoms with Crippen LogP contribution in [0.15, 0.2) is 34.0 Å². The maximum Gasteiger partial charge on any atom is 0.213 e. The van der Waals surface area contributed by atoms with Gasteiger partial charge in [-0.1, -0.05) is 23.4 Å². The molecule has 0 unspecified atom stereocenters. The third-order valence-corrected chi connectivity index (χ3v) is 3.32. The summed E-state index contributed by atoms with van der Waals surface area (Å²) in [7, 11) is 0. The summed E-state index contributed by atoms with van der Waals surface area (Å²) in [4.78, 5) is 5.35. The third-order valence-electron chi connectivity index (χ3n) is 2.34. The molecule has 0 radical (unpaired) electrons. The summed E-state index contributed by atoms with van der Waals surface area (Å²) in [6.07, 6.45) is 3.28. The van der Waals surface area contributed by atoms with Crippen LogP contribution >= 0.6 is 24.0 Å². The number of nitrogens with one attached hydrogen (secondary N) is 1. The van der Waals surface area contributed by atoms with Crippen LogP contribution in [0, 0.1) is 0 Å². The van der Waals surface area contributed by atoms with Gasteiger partial charge in [0.2, 0.25) is 6.39 Å². The van der Waals surface area contributed by atoms with Crippen LogP contribution in [0.3, 0.4) is 0 Å². The number of thiocarbonyl (C=S) groups is 1. The fourth-order valence-corrected chi connectivity index (χ4v) is 2.47. The van der Waals surface area contributed by atoms with Crippen molar-refractivity contribution in [1.82, 2.24) is 10.1 Å². The quantitative estimate of drug-likeness (QED) is 0.641. The topological polar surface area (TPSA) is 77.0 Å². The fourth-order valence-electron chi connectivity index (χ4n) is 1.55.